The number of nitrogens with one attached hydrogen (secondary N) is 1. The highest BCUT2D eigenvalue weighted by Gasteiger charge is 2.53. The highest BCUT2D eigenvalue weighted by molar-refractivity contribution is 8.03. The molecule has 5 aromatic rings. The van der Waals surface area contributed by atoms with E-state index >= 15 is 0 Å². The van der Waals surface area contributed by atoms with Crippen LogP contribution < -0.4 is 21.2 Å². The topological polar surface area (TPSA) is 55.4 Å². The van der Waals surface area contributed by atoms with Crippen molar-refractivity contribution in [2.75, 3.05) is 7.11 Å². The maximum Gasteiger partial charge on any atom is 0.358 e. The molecule has 0 bridgehead atoms. The molecule has 1 amide bonds. The number of rotatable bonds is 8. The molecule has 0 aromatic heterocycles. The first kappa shape index (κ1) is 26.8. The van der Waals surface area contributed by atoms with E-state index in [0.717, 1.165) is 21.5 Å². The third-order valence-electron chi connectivity index (χ3n) is 6.71. The molecular formula is C35H29NO3P+. The fourth-order valence-corrected chi connectivity index (χ4v) is 9.52. The lowest BCUT2D eigenvalue weighted by molar-refractivity contribution is -0.136. The normalized spacial score (nSPS) is 11.7. The highest BCUT2D eigenvalue weighted by Crippen LogP contribution is 2.67. The first-order chi connectivity index (χ1) is 19.7. The fraction of sp³-hybridized carbons (Fsp3) is 0.0286. The van der Waals surface area contributed by atoms with Crippen LogP contribution in [0.3, 0.4) is 0 Å². The molecule has 1 N–H and O–H groups in total. The first-order valence-corrected chi connectivity index (χ1v) is 14.8. The Morgan fingerprint density at radius 1 is 0.525 bits per heavy atom. The number of carbonyl (C=O) groups is 2. The minimum Gasteiger partial charge on any atom is -0.464 e. The molecule has 4 nitrogen and oxygen atoms in total. The van der Waals surface area contributed by atoms with Crippen molar-refractivity contribution in [3.8, 4) is 0 Å². The van der Waals surface area contributed by atoms with Crippen LogP contribution in [-0.4, -0.2) is 19.0 Å². The van der Waals surface area contributed by atoms with Gasteiger partial charge < -0.3 is 10.1 Å². The van der Waals surface area contributed by atoms with Gasteiger partial charge >= 0.3 is 5.97 Å². The lowest BCUT2D eigenvalue weighted by atomic mass is 10.1. The molecule has 0 saturated carbocycles. The van der Waals surface area contributed by atoms with Crippen molar-refractivity contribution in [3.05, 3.63) is 168 Å². The van der Waals surface area contributed by atoms with Crippen molar-refractivity contribution in [2.24, 2.45) is 0 Å². The molecule has 0 heterocycles. The number of hydrogen-bond donors (Lipinski definition) is 1. The molecule has 0 saturated heterocycles. The lowest BCUT2D eigenvalue weighted by Crippen LogP contribution is -2.36. The molecule has 5 heteroatoms. The second-order valence-corrected chi connectivity index (χ2v) is 12.4. The molecule has 0 unspecified atom stereocenters. The number of esters is 1. The zero-order valence-corrected chi connectivity index (χ0v) is 23.0. The van der Waals surface area contributed by atoms with Crippen LogP contribution in [0.5, 0.6) is 0 Å². The second-order valence-electron chi connectivity index (χ2n) is 9.08. The van der Waals surface area contributed by atoms with Crippen LogP contribution in [0.25, 0.3) is 5.31 Å². The Bertz CT molecular complexity index is 1510. The number of benzene rings is 5. The number of ether oxygens (including phenoxy) is 1. The molecule has 0 spiro atoms. The Labute approximate surface area is 235 Å². The summed E-state index contributed by atoms with van der Waals surface area (Å²) in [4.78, 5) is 27.4. The molecule has 0 aliphatic heterocycles. The molecule has 0 aliphatic rings. The zero-order chi connectivity index (χ0) is 27.8. The second kappa shape index (κ2) is 12.4. The Balaban J connectivity index is 1.96. The van der Waals surface area contributed by atoms with Crippen LogP contribution >= 0.6 is 7.26 Å². The minimum absolute atomic E-state index is 0.118. The van der Waals surface area contributed by atoms with Crippen molar-refractivity contribution in [1.29, 1.82) is 0 Å². The summed E-state index contributed by atoms with van der Waals surface area (Å²) in [5, 5.41) is 6.84. The summed E-state index contributed by atoms with van der Waals surface area (Å²) < 4.78 is 5.36. The molecule has 5 aromatic carbocycles. The van der Waals surface area contributed by atoms with Crippen molar-refractivity contribution < 1.29 is 14.3 Å². The highest BCUT2D eigenvalue weighted by atomic mass is 31.2. The number of hydrogen-bond acceptors (Lipinski definition) is 3. The summed E-state index contributed by atoms with van der Waals surface area (Å²) in [6.45, 7) is 0. The molecule has 5 rings (SSSR count). The summed E-state index contributed by atoms with van der Waals surface area (Å²) in [7, 11) is -1.45. The van der Waals surface area contributed by atoms with Crippen LogP contribution in [0.4, 0.5) is 0 Å². The largest absolute Gasteiger partial charge is 0.464 e. The van der Waals surface area contributed by atoms with E-state index in [2.05, 4.69) is 41.7 Å². The lowest BCUT2D eigenvalue weighted by Gasteiger charge is -2.31. The predicted octanol–water partition coefficient (Wildman–Crippen LogP) is 5.95. The monoisotopic (exact) mass is 542 g/mol. The summed E-state index contributed by atoms with van der Waals surface area (Å²) in [5.74, 6) is -1.00. The van der Waals surface area contributed by atoms with Gasteiger partial charge in [0.15, 0.2) is 5.70 Å². The third-order valence-corrected chi connectivity index (χ3v) is 11.1. The Morgan fingerprint density at radius 3 is 1.25 bits per heavy atom. The van der Waals surface area contributed by atoms with Gasteiger partial charge in [-0.1, -0.05) is 103 Å². The minimum atomic E-state index is -2.79. The van der Waals surface area contributed by atoms with E-state index in [1.54, 1.807) is 24.3 Å². The van der Waals surface area contributed by atoms with Gasteiger partial charge in [-0.25, -0.2) is 4.79 Å². The van der Waals surface area contributed by atoms with E-state index in [1.807, 2.05) is 91.0 Å². The van der Waals surface area contributed by atoms with E-state index < -0.39 is 13.2 Å². The van der Waals surface area contributed by atoms with Gasteiger partial charge in [0.2, 0.25) is 0 Å². The summed E-state index contributed by atoms with van der Waals surface area (Å²) in [6.07, 6.45) is 0. The maximum atomic E-state index is 13.8. The van der Waals surface area contributed by atoms with Gasteiger partial charge in [-0.2, -0.15) is 0 Å². The van der Waals surface area contributed by atoms with Crippen molar-refractivity contribution in [2.45, 2.75) is 0 Å². The molecule has 0 atom stereocenters. The van der Waals surface area contributed by atoms with E-state index in [4.69, 9.17) is 4.74 Å². The predicted molar refractivity (Wildman–Crippen MR) is 164 cm³/mol. The van der Waals surface area contributed by atoms with Crippen LogP contribution in [0.1, 0.15) is 15.9 Å². The first-order valence-electron chi connectivity index (χ1n) is 13.0. The number of amides is 1. The number of methoxy groups -OCH3 is 1. The zero-order valence-electron chi connectivity index (χ0n) is 22.1. The Hall–Kier alpha value is -4.79. The van der Waals surface area contributed by atoms with Gasteiger partial charge in [0.05, 0.1) is 7.11 Å². The van der Waals surface area contributed by atoms with Crippen molar-refractivity contribution >= 4 is 40.4 Å². The van der Waals surface area contributed by atoms with Crippen LogP contribution in [0.15, 0.2) is 157 Å². The van der Waals surface area contributed by atoms with Crippen LogP contribution in [-0.2, 0) is 9.53 Å². The summed E-state index contributed by atoms with van der Waals surface area (Å²) >= 11 is 0. The smallest absolute Gasteiger partial charge is 0.358 e. The van der Waals surface area contributed by atoms with Gasteiger partial charge in [-0.05, 0) is 48.5 Å². The van der Waals surface area contributed by atoms with Gasteiger partial charge in [0.25, 0.3) is 5.91 Å². The van der Waals surface area contributed by atoms with E-state index in [9.17, 15) is 9.59 Å². The SMILES string of the molecule is COC(=O)/C(NC(=O)c1ccccc1)=C(/c1ccccc1)[P+](c1ccccc1)(c1ccccc1)c1ccccc1. The molecule has 0 fully saturated rings. The quantitative estimate of drug-likeness (QED) is 0.150. The van der Waals surface area contributed by atoms with Crippen molar-refractivity contribution in [1.82, 2.24) is 5.32 Å². The Morgan fingerprint density at radius 2 is 0.875 bits per heavy atom. The van der Waals surface area contributed by atoms with E-state index in [-0.39, 0.29) is 11.6 Å². The van der Waals surface area contributed by atoms with E-state index in [1.165, 1.54) is 7.11 Å². The fourth-order valence-electron chi connectivity index (χ4n) is 4.98. The van der Waals surface area contributed by atoms with Gasteiger partial charge in [0, 0.05) is 11.1 Å². The average molecular weight is 543 g/mol. The van der Waals surface area contributed by atoms with Gasteiger partial charge in [-0.3, -0.25) is 4.79 Å². The van der Waals surface area contributed by atoms with E-state index in [0.29, 0.717) is 10.9 Å². The van der Waals surface area contributed by atoms with Crippen molar-refractivity contribution in [3.63, 3.8) is 0 Å². The molecule has 0 aliphatic carbocycles. The average Bonchev–Trinajstić information content (AvgIpc) is 3.04. The van der Waals surface area contributed by atoms with Gasteiger partial charge in [0.1, 0.15) is 28.5 Å². The standard InChI is InChI=1S/C35H28NO3P/c1-39-35(38)32(36-34(37)28-19-9-3-10-20-28)33(27-17-7-2-8-18-27)40(29-21-11-4-12-22-29,30-23-13-5-14-24-30)31-25-15-6-16-26-31/h2-26H,1H3/p+1/b33-32+. The number of carbonyl (C=O) groups excluding carboxylic acids is 2. The Kier molecular flexibility index (Phi) is 8.29. The summed E-state index contributed by atoms with van der Waals surface area (Å²) in [5.41, 5.74) is 1.38. The third kappa shape index (κ3) is 5.22. The molecule has 196 valence electrons. The summed E-state index contributed by atoms with van der Waals surface area (Å²) in [6, 6.07) is 49.3. The molecular weight excluding hydrogens is 513 g/mol. The molecule has 40 heavy (non-hydrogen) atoms. The maximum absolute atomic E-state index is 13.8. The van der Waals surface area contributed by atoms with Gasteiger partial charge in [-0.15, -0.1) is 0 Å². The van der Waals surface area contributed by atoms with Crippen LogP contribution in [0, 0.1) is 0 Å². The molecule has 0 radical (unpaired) electrons. The van der Waals surface area contributed by atoms with Crippen LogP contribution in [0.2, 0.25) is 0 Å².